The van der Waals surface area contributed by atoms with Gasteiger partial charge in [0.2, 0.25) is 5.91 Å². The topological polar surface area (TPSA) is 52.6 Å². The smallest absolute Gasteiger partial charge is 0.234 e. The van der Waals surface area contributed by atoms with Gasteiger partial charge in [-0.1, -0.05) is 49.6 Å². The minimum Gasteiger partial charge on any atom is -0.395 e. The summed E-state index contributed by atoms with van der Waals surface area (Å²) in [4.78, 5) is 14.6. The van der Waals surface area contributed by atoms with Crippen molar-refractivity contribution >= 4 is 5.91 Å². The van der Waals surface area contributed by atoms with Crippen LogP contribution in [0.2, 0.25) is 0 Å². The lowest BCUT2D eigenvalue weighted by molar-refractivity contribution is -0.123. The second-order valence-corrected chi connectivity index (χ2v) is 7.41. The fourth-order valence-corrected chi connectivity index (χ4v) is 3.98. The Hall–Kier alpha value is -1.39. The van der Waals surface area contributed by atoms with Crippen LogP contribution in [-0.2, 0) is 10.2 Å². The van der Waals surface area contributed by atoms with E-state index in [0.717, 1.165) is 32.2 Å². The SMILES string of the molecule is O=C(CN(CCO)C1CCCCC1)NCC1(c2ccccc2)CC1. The molecule has 24 heavy (non-hydrogen) atoms. The predicted molar refractivity (Wildman–Crippen MR) is 95.9 cm³/mol. The van der Waals surface area contributed by atoms with Gasteiger partial charge in [0, 0.05) is 24.5 Å². The Balaban J connectivity index is 1.50. The van der Waals surface area contributed by atoms with Crippen molar-refractivity contribution < 1.29 is 9.90 Å². The highest BCUT2D eigenvalue weighted by atomic mass is 16.3. The summed E-state index contributed by atoms with van der Waals surface area (Å²) >= 11 is 0. The molecule has 1 amide bonds. The molecule has 132 valence electrons. The minimum atomic E-state index is 0.0937. The van der Waals surface area contributed by atoms with Crippen molar-refractivity contribution in [3.05, 3.63) is 35.9 Å². The molecule has 2 aliphatic rings. The molecule has 4 heteroatoms. The second-order valence-electron chi connectivity index (χ2n) is 7.41. The van der Waals surface area contributed by atoms with Crippen LogP contribution in [0.25, 0.3) is 0 Å². The number of nitrogens with one attached hydrogen (secondary N) is 1. The number of hydrogen-bond donors (Lipinski definition) is 2. The molecule has 0 bridgehead atoms. The van der Waals surface area contributed by atoms with E-state index in [4.69, 9.17) is 0 Å². The normalized spacial score (nSPS) is 20.1. The van der Waals surface area contributed by atoms with E-state index in [-0.39, 0.29) is 17.9 Å². The van der Waals surface area contributed by atoms with E-state index in [2.05, 4.69) is 34.5 Å². The molecule has 0 atom stereocenters. The lowest BCUT2D eigenvalue weighted by Gasteiger charge is -2.33. The maximum atomic E-state index is 12.4. The molecule has 3 rings (SSSR count). The Morgan fingerprint density at radius 2 is 1.88 bits per heavy atom. The molecule has 0 radical (unpaired) electrons. The summed E-state index contributed by atoms with van der Waals surface area (Å²) in [6, 6.07) is 11.0. The summed E-state index contributed by atoms with van der Waals surface area (Å²) in [5, 5.41) is 12.5. The van der Waals surface area contributed by atoms with Gasteiger partial charge in [0.05, 0.1) is 13.2 Å². The lowest BCUT2D eigenvalue weighted by atomic mass is 9.94. The fourth-order valence-electron chi connectivity index (χ4n) is 3.98. The van der Waals surface area contributed by atoms with Crippen LogP contribution in [0.4, 0.5) is 0 Å². The van der Waals surface area contributed by atoms with Crippen molar-refractivity contribution in [3.63, 3.8) is 0 Å². The number of nitrogens with zero attached hydrogens (tertiary/aromatic N) is 1. The molecule has 0 aliphatic heterocycles. The average molecular weight is 330 g/mol. The van der Waals surface area contributed by atoms with E-state index in [1.807, 2.05) is 6.07 Å². The number of aliphatic hydroxyl groups is 1. The van der Waals surface area contributed by atoms with E-state index in [9.17, 15) is 9.90 Å². The summed E-state index contributed by atoms with van der Waals surface area (Å²) < 4.78 is 0. The number of hydrogen-bond acceptors (Lipinski definition) is 3. The third-order valence-electron chi connectivity index (χ3n) is 5.69. The highest BCUT2D eigenvalue weighted by Gasteiger charge is 2.44. The third kappa shape index (κ3) is 4.37. The average Bonchev–Trinajstić information content (AvgIpc) is 3.42. The van der Waals surface area contributed by atoms with Gasteiger partial charge in [-0.15, -0.1) is 0 Å². The Kier molecular flexibility index (Phi) is 5.90. The van der Waals surface area contributed by atoms with Gasteiger partial charge in [0.1, 0.15) is 0 Å². The quantitative estimate of drug-likeness (QED) is 0.770. The monoisotopic (exact) mass is 330 g/mol. The van der Waals surface area contributed by atoms with Gasteiger partial charge in [0.25, 0.3) is 0 Å². The van der Waals surface area contributed by atoms with Crippen LogP contribution in [0.3, 0.4) is 0 Å². The van der Waals surface area contributed by atoms with E-state index in [0.29, 0.717) is 19.1 Å². The van der Waals surface area contributed by atoms with Crippen LogP contribution < -0.4 is 5.32 Å². The van der Waals surface area contributed by atoms with Gasteiger partial charge < -0.3 is 10.4 Å². The number of aliphatic hydroxyl groups excluding tert-OH is 1. The Labute approximate surface area is 145 Å². The molecule has 0 spiro atoms. The first-order valence-corrected chi connectivity index (χ1v) is 9.41. The third-order valence-corrected chi connectivity index (χ3v) is 5.69. The first-order chi connectivity index (χ1) is 11.7. The lowest BCUT2D eigenvalue weighted by Crippen LogP contribution is -2.46. The largest absolute Gasteiger partial charge is 0.395 e. The van der Waals surface area contributed by atoms with Crippen LogP contribution >= 0.6 is 0 Å². The summed E-state index contributed by atoms with van der Waals surface area (Å²) in [7, 11) is 0. The van der Waals surface area contributed by atoms with Crippen molar-refractivity contribution in [3.8, 4) is 0 Å². The van der Waals surface area contributed by atoms with E-state index >= 15 is 0 Å². The van der Waals surface area contributed by atoms with Gasteiger partial charge in [0.15, 0.2) is 0 Å². The summed E-state index contributed by atoms with van der Waals surface area (Å²) in [5.74, 6) is 0.0937. The molecule has 0 unspecified atom stereocenters. The molecule has 2 saturated carbocycles. The molecule has 2 fully saturated rings. The number of amides is 1. The summed E-state index contributed by atoms with van der Waals surface area (Å²) in [6.45, 7) is 1.86. The summed E-state index contributed by atoms with van der Waals surface area (Å²) in [5.41, 5.74) is 1.49. The van der Waals surface area contributed by atoms with Crippen LogP contribution in [-0.4, -0.2) is 48.2 Å². The highest BCUT2D eigenvalue weighted by Crippen LogP contribution is 2.47. The standard InChI is InChI=1S/C20H30N2O2/c23-14-13-22(18-9-5-2-6-10-18)15-19(24)21-16-20(11-12-20)17-7-3-1-4-8-17/h1,3-4,7-8,18,23H,2,5-6,9-16H2,(H,21,24). The highest BCUT2D eigenvalue weighted by molar-refractivity contribution is 5.78. The van der Waals surface area contributed by atoms with Gasteiger partial charge in [-0.25, -0.2) is 0 Å². The van der Waals surface area contributed by atoms with E-state index in [1.165, 1.54) is 24.8 Å². The zero-order valence-electron chi connectivity index (χ0n) is 14.5. The van der Waals surface area contributed by atoms with E-state index < -0.39 is 0 Å². The molecule has 2 aliphatic carbocycles. The Morgan fingerprint density at radius 3 is 2.50 bits per heavy atom. The fraction of sp³-hybridized carbons (Fsp3) is 0.650. The van der Waals surface area contributed by atoms with Crippen molar-refractivity contribution in [2.75, 3.05) is 26.2 Å². The zero-order valence-corrected chi connectivity index (χ0v) is 14.5. The number of carbonyl (C=O) groups is 1. The van der Waals surface area contributed by atoms with Crippen molar-refractivity contribution in [1.82, 2.24) is 10.2 Å². The van der Waals surface area contributed by atoms with Gasteiger partial charge in [-0.2, -0.15) is 0 Å². The first-order valence-electron chi connectivity index (χ1n) is 9.41. The summed E-state index contributed by atoms with van der Waals surface area (Å²) in [6.07, 6.45) is 8.40. The van der Waals surface area contributed by atoms with Crippen LogP contribution in [0.15, 0.2) is 30.3 Å². The van der Waals surface area contributed by atoms with Crippen molar-refractivity contribution in [2.45, 2.75) is 56.4 Å². The van der Waals surface area contributed by atoms with Gasteiger partial charge in [-0.05, 0) is 31.2 Å². The number of benzene rings is 1. The minimum absolute atomic E-state index is 0.0937. The molecule has 0 saturated heterocycles. The number of carbonyl (C=O) groups excluding carboxylic acids is 1. The zero-order chi connectivity index (χ0) is 16.8. The molecular weight excluding hydrogens is 300 g/mol. The molecule has 2 N–H and O–H groups in total. The van der Waals surface area contributed by atoms with Gasteiger partial charge in [-0.3, -0.25) is 9.69 Å². The first kappa shape index (κ1) is 17.4. The van der Waals surface area contributed by atoms with Crippen molar-refractivity contribution in [2.24, 2.45) is 0 Å². The predicted octanol–water partition coefficient (Wildman–Crippen LogP) is 2.46. The molecule has 1 aromatic carbocycles. The van der Waals surface area contributed by atoms with Crippen molar-refractivity contribution in [1.29, 1.82) is 0 Å². The molecule has 1 aromatic rings. The van der Waals surface area contributed by atoms with Gasteiger partial charge >= 0.3 is 0 Å². The van der Waals surface area contributed by atoms with Crippen LogP contribution in [0.5, 0.6) is 0 Å². The van der Waals surface area contributed by atoms with Crippen LogP contribution in [0.1, 0.15) is 50.5 Å². The number of rotatable bonds is 8. The molecular formula is C20H30N2O2. The second kappa shape index (κ2) is 8.13. The Bertz CT molecular complexity index is 522. The molecule has 0 heterocycles. The Morgan fingerprint density at radius 1 is 1.17 bits per heavy atom. The van der Waals surface area contributed by atoms with Crippen LogP contribution in [0, 0.1) is 0 Å². The maximum Gasteiger partial charge on any atom is 0.234 e. The van der Waals surface area contributed by atoms with E-state index in [1.54, 1.807) is 0 Å². The maximum absolute atomic E-state index is 12.4. The molecule has 0 aromatic heterocycles. The molecule has 4 nitrogen and oxygen atoms in total.